The average Bonchev–Trinajstić information content (AvgIpc) is 2.59. The molecule has 116 valence electrons. The zero-order chi connectivity index (χ0) is 15.8. The Morgan fingerprint density at radius 3 is 2.76 bits per heavy atom. The van der Waals surface area contributed by atoms with E-state index in [9.17, 15) is 23.1 Å². The standard InChI is InChI=1S/C12H14F3N3O3/c1-3-21-11(20)7-17(2)10(19)18(11)9-6-8(4-5-16-9)12(13,14)15/h4-6,20H,3,7H2,1-2H3. The van der Waals surface area contributed by atoms with Gasteiger partial charge in [-0.25, -0.2) is 14.7 Å². The van der Waals surface area contributed by atoms with Crippen LogP contribution in [0.4, 0.5) is 23.8 Å². The van der Waals surface area contributed by atoms with Gasteiger partial charge in [0.2, 0.25) is 0 Å². The molecule has 1 aromatic heterocycles. The number of aliphatic hydroxyl groups is 1. The summed E-state index contributed by atoms with van der Waals surface area (Å²) in [4.78, 5) is 17.6. The van der Waals surface area contributed by atoms with E-state index in [0.29, 0.717) is 11.0 Å². The third-order valence-corrected chi connectivity index (χ3v) is 2.99. The van der Waals surface area contributed by atoms with E-state index in [1.165, 1.54) is 7.05 Å². The van der Waals surface area contributed by atoms with Crippen molar-refractivity contribution in [2.24, 2.45) is 0 Å². The molecule has 0 spiro atoms. The zero-order valence-corrected chi connectivity index (χ0v) is 11.4. The van der Waals surface area contributed by atoms with E-state index in [4.69, 9.17) is 4.74 Å². The first-order valence-electron chi connectivity index (χ1n) is 6.14. The highest BCUT2D eigenvalue weighted by molar-refractivity contribution is 5.94. The van der Waals surface area contributed by atoms with Crippen LogP contribution < -0.4 is 4.90 Å². The summed E-state index contributed by atoms with van der Waals surface area (Å²) in [5, 5.41) is 10.4. The molecule has 2 rings (SSSR count). The van der Waals surface area contributed by atoms with E-state index in [1.54, 1.807) is 6.92 Å². The van der Waals surface area contributed by atoms with E-state index in [0.717, 1.165) is 17.2 Å². The number of ether oxygens (including phenoxy) is 1. The molecule has 0 bridgehead atoms. The van der Waals surface area contributed by atoms with Crippen molar-refractivity contribution < 1.29 is 27.8 Å². The number of hydrogen-bond donors (Lipinski definition) is 1. The van der Waals surface area contributed by atoms with Gasteiger partial charge in [0.25, 0.3) is 5.91 Å². The number of carbonyl (C=O) groups excluding carboxylic acids is 1. The van der Waals surface area contributed by atoms with Crippen molar-refractivity contribution in [3.63, 3.8) is 0 Å². The van der Waals surface area contributed by atoms with Crippen LogP contribution in [0.5, 0.6) is 0 Å². The van der Waals surface area contributed by atoms with Gasteiger partial charge in [-0.2, -0.15) is 13.2 Å². The molecule has 1 atom stereocenters. The van der Waals surface area contributed by atoms with Crippen molar-refractivity contribution in [1.82, 2.24) is 9.88 Å². The maximum atomic E-state index is 12.7. The molecule has 1 fully saturated rings. The number of carbonyl (C=O) groups is 1. The number of alkyl halides is 3. The Kier molecular flexibility index (Phi) is 3.81. The average molecular weight is 305 g/mol. The van der Waals surface area contributed by atoms with Crippen LogP contribution in [-0.2, 0) is 10.9 Å². The maximum absolute atomic E-state index is 12.7. The Labute approximate surface area is 118 Å². The Morgan fingerprint density at radius 1 is 1.52 bits per heavy atom. The van der Waals surface area contributed by atoms with E-state index >= 15 is 0 Å². The Morgan fingerprint density at radius 2 is 2.19 bits per heavy atom. The molecule has 1 saturated heterocycles. The van der Waals surface area contributed by atoms with Crippen LogP contribution >= 0.6 is 0 Å². The van der Waals surface area contributed by atoms with Gasteiger partial charge in [-0.3, -0.25) is 0 Å². The lowest BCUT2D eigenvalue weighted by atomic mass is 10.2. The van der Waals surface area contributed by atoms with Gasteiger partial charge >= 0.3 is 12.2 Å². The Balaban J connectivity index is 2.45. The van der Waals surface area contributed by atoms with Gasteiger partial charge in [-0.1, -0.05) is 0 Å². The monoisotopic (exact) mass is 305 g/mol. The molecule has 21 heavy (non-hydrogen) atoms. The molecule has 1 aliphatic rings. The Bertz CT molecular complexity index is 552. The second-order valence-electron chi connectivity index (χ2n) is 4.55. The van der Waals surface area contributed by atoms with Crippen LogP contribution in [0, 0.1) is 0 Å². The zero-order valence-electron chi connectivity index (χ0n) is 11.4. The van der Waals surface area contributed by atoms with Crippen LogP contribution in [0.1, 0.15) is 12.5 Å². The van der Waals surface area contributed by atoms with E-state index in [2.05, 4.69) is 4.98 Å². The number of amides is 2. The molecule has 1 N–H and O–H groups in total. The lowest BCUT2D eigenvalue weighted by Gasteiger charge is -2.30. The Hall–Kier alpha value is -1.87. The van der Waals surface area contributed by atoms with Crippen LogP contribution in [0.25, 0.3) is 0 Å². The van der Waals surface area contributed by atoms with Crippen molar-refractivity contribution in [2.75, 3.05) is 25.1 Å². The molecule has 1 aliphatic heterocycles. The first-order valence-corrected chi connectivity index (χ1v) is 6.14. The molecular weight excluding hydrogens is 291 g/mol. The molecule has 2 heterocycles. The van der Waals surface area contributed by atoms with E-state index < -0.39 is 23.7 Å². The normalized spacial score (nSPS) is 23.0. The number of halogens is 3. The van der Waals surface area contributed by atoms with Crippen molar-refractivity contribution >= 4 is 11.8 Å². The number of rotatable bonds is 3. The fraction of sp³-hybridized carbons (Fsp3) is 0.500. The van der Waals surface area contributed by atoms with E-state index in [1.807, 2.05) is 0 Å². The second kappa shape index (κ2) is 5.15. The third-order valence-electron chi connectivity index (χ3n) is 2.99. The molecule has 0 saturated carbocycles. The summed E-state index contributed by atoms with van der Waals surface area (Å²) in [6.07, 6.45) is -3.65. The van der Waals surface area contributed by atoms with Crippen molar-refractivity contribution in [1.29, 1.82) is 0 Å². The SMILES string of the molecule is CCOC1(O)CN(C)C(=O)N1c1cc(C(F)(F)F)ccn1. The summed E-state index contributed by atoms with van der Waals surface area (Å²) >= 11 is 0. The highest BCUT2D eigenvalue weighted by atomic mass is 19.4. The third kappa shape index (κ3) is 2.79. The first-order chi connectivity index (χ1) is 9.69. The van der Waals surface area contributed by atoms with Gasteiger partial charge in [-0.05, 0) is 19.1 Å². The molecule has 0 radical (unpaired) electrons. The quantitative estimate of drug-likeness (QED) is 0.863. The number of β-amino-alcohol motifs (C(OH)–C–C–N with tert-alkyl or cyclic N) is 1. The molecule has 2 amide bonds. The van der Waals surface area contributed by atoms with Crippen LogP contribution in [0.2, 0.25) is 0 Å². The predicted octanol–water partition coefficient (Wildman–Crippen LogP) is 1.65. The first kappa shape index (κ1) is 15.5. The number of hydrogen-bond acceptors (Lipinski definition) is 4. The molecule has 1 aromatic rings. The van der Waals surface area contributed by atoms with Crippen LogP contribution in [-0.4, -0.2) is 47.1 Å². The van der Waals surface area contributed by atoms with Gasteiger partial charge in [0, 0.05) is 19.9 Å². The summed E-state index contributed by atoms with van der Waals surface area (Å²) in [6, 6.07) is 0.784. The highest BCUT2D eigenvalue weighted by Gasteiger charge is 2.50. The molecule has 0 aromatic carbocycles. The topological polar surface area (TPSA) is 65.9 Å². The number of nitrogens with zero attached hydrogens (tertiary/aromatic N) is 3. The summed E-state index contributed by atoms with van der Waals surface area (Å²) in [7, 11) is 1.40. The summed E-state index contributed by atoms with van der Waals surface area (Å²) in [5.74, 6) is -2.37. The van der Waals surface area contributed by atoms with E-state index in [-0.39, 0.29) is 19.0 Å². The fourth-order valence-electron chi connectivity index (χ4n) is 2.10. The molecule has 0 aliphatic carbocycles. The molecular formula is C12H14F3N3O3. The number of aromatic nitrogens is 1. The van der Waals surface area contributed by atoms with Crippen LogP contribution in [0.15, 0.2) is 18.3 Å². The largest absolute Gasteiger partial charge is 0.416 e. The van der Waals surface area contributed by atoms with Gasteiger partial charge in [0.05, 0.1) is 12.1 Å². The van der Waals surface area contributed by atoms with Gasteiger partial charge in [0.1, 0.15) is 5.82 Å². The molecule has 1 unspecified atom stereocenters. The van der Waals surface area contributed by atoms with Crippen molar-refractivity contribution in [3.8, 4) is 0 Å². The second-order valence-corrected chi connectivity index (χ2v) is 4.55. The summed E-state index contributed by atoms with van der Waals surface area (Å²) in [6.45, 7) is 1.48. The summed E-state index contributed by atoms with van der Waals surface area (Å²) < 4.78 is 43.3. The smallest absolute Gasteiger partial charge is 0.347 e. The molecule has 6 nitrogen and oxygen atoms in total. The van der Waals surface area contributed by atoms with Crippen molar-refractivity contribution in [2.45, 2.75) is 19.0 Å². The number of likely N-dealkylation sites (N-methyl/N-ethyl adjacent to an activating group) is 1. The maximum Gasteiger partial charge on any atom is 0.416 e. The summed E-state index contributed by atoms with van der Waals surface area (Å²) in [5.41, 5.74) is -0.964. The highest BCUT2D eigenvalue weighted by Crippen LogP contribution is 2.34. The minimum atomic E-state index is -4.57. The lowest BCUT2D eigenvalue weighted by Crippen LogP contribution is -2.50. The van der Waals surface area contributed by atoms with Crippen molar-refractivity contribution in [3.05, 3.63) is 23.9 Å². The van der Waals surface area contributed by atoms with Gasteiger partial charge < -0.3 is 14.7 Å². The number of urea groups is 1. The fourth-order valence-corrected chi connectivity index (χ4v) is 2.10. The van der Waals surface area contributed by atoms with Gasteiger partial charge in [-0.15, -0.1) is 0 Å². The van der Waals surface area contributed by atoms with Crippen LogP contribution in [0.3, 0.4) is 0 Å². The number of anilines is 1. The molecule has 9 heteroatoms. The minimum Gasteiger partial charge on any atom is -0.347 e. The minimum absolute atomic E-state index is 0.0765. The van der Waals surface area contributed by atoms with Gasteiger partial charge in [0.15, 0.2) is 0 Å². The number of pyridine rings is 1. The lowest BCUT2D eigenvalue weighted by molar-refractivity contribution is -0.186. The predicted molar refractivity (Wildman–Crippen MR) is 66.3 cm³/mol.